The lowest BCUT2D eigenvalue weighted by Gasteiger charge is -2.24. The average Bonchev–Trinajstić information content (AvgIpc) is 3.26. The minimum atomic E-state index is 0.651. The Kier molecular flexibility index (Phi) is 6.08. The summed E-state index contributed by atoms with van der Waals surface area (Å²) < 4.78 is 5.57. The summed E-state index contributed by atoms with van der Waals surface area (Å²) in [7, 11) is 0. The lowest BCUT2D eigenvalue weighted by molar-refractivity contribution is -0.349. The Morgan fingerprint density at radius 1 is 0.939 bits per heavy atom. The van der Waals surface area contributed by atoms with Crippen LogP contribution in [0.2, 0.25) is 0 Å². The number of hydrogen-bond acceptors (Lipinski definition) is 6. The minimum absolute atomic E-state index is 0.651. The molecule has 0 bridgehead atoms. The first kappa shape index (κ1) is 21.2. The van der Waals surface area contributed by atoms with Gasteiger partial charge in [-0.1, -0.05) is 43.1 Å². The molecule has 8 heteroatoms. The van der Waals surface area contributed by atoms with Crippen molar-refractivity contribution in [3.8, 4) is 0 Å². The number of benzene rings is 2. The van der Waals surface area contributed by atoms with Gasteiger partial charge in [0.05, 0.1) is 32.0 Å². The fourth-order valence-corrected chi connectivity index (χ4v) is 4.07. The standard InChI is InChI=1S/C25H29N7O/c1-3-17-7-5-9-19(15-17)26-24-28-21-22(29-24)30-25(27-20-10-6-8-18(4-2)16-20)31-23(21)32-11-13-33-14-12-32/h5-10,15-16H,3-4,11-14H2,1-2H3,(H3,26,27,28,29,30,31)/p+1. The number of ether oxygens (including phenoxy) is 1. The van der Waals surface area contributed by atoms with Gasteiger partial charge in [0.25, 0.3) is 0 Å². The normalized spacial score (nSPS) is 13.9. The van der Waals surface area contributed by atoms with Crippen molar-refractivity contribution in [1.29, 1.82) is 0 Å². The smallest absolute Gasteiger partial charge is 0.351 e. The monoisotopic (exact) mass is 444 g/mol. The van der Waals surface area contributed by atoms with Gasteiger partial charge in [0.2, 0.25) is 17.4 Å². The Labute approximate surface area is 193 Å². The van der Waals surface area contributed by atoms with Crippen molar-refractivity contribution in [2.24, 2.45) is 0 Å². The Hall–Kier alpha value is -3.65. The third kappa shape index (κ3) is 4.75. The van der Waals surface area contributed by atoms with Crippen LogP contribution >= 0.6 is 0 Å². The summed E-state index contributed by atoms with van der Waals surface area (Å²) in [5.74, 6) is 2.28. The van der Waals surface area contributed by atoms with Gasteiger partial charge < -0.3 is 19.9 Å². The van der Waals surface area contributed by atoms with Crippen LogP contribution < -0.4 is 20.5 Å². The number of morpholine rings is 1. The molecule has 0 saturated carbocycles. The largest absolute Gasteiger partial charge is 0.376 e. The molecule has 0 aliphatic carbocycles. The van der Waals surface area contributed by atoms with E-state index < -0.39 is 0 Å². The zero-order valence-corrected chi connectivity index (χ0v) is 19.1. The summed E-state index contributed by atoms with van der Waals surface area (Å²) in [5, 5.41) is 6.82. The number of imidazole rings is 1. The number of aromatic nitrogens is 4. The average molecular weight is 445 g/mol. The molecule has 0 spiro atoms. The van der Waals surface area contributed by atoms with Gasteiger partial charge in [-0.15, -0.1) is 0 Å². The predicted octanol–water partition coefficient (Wildman–Crippen LogP) is 4.22. The molecule has 8 nitrogen and oxygen atoms in total. The third-order valence-corrected chi connectivity index (χ3v) is 5.90. The Bertz CT molecular complexity index is 1250. The quantitative estimate of drug-likeness (QED) is 0.395. The van der Waals surface area contributed by atoms with E-state index in [1.165, 1.54) is 11.1 Å². The molecule has 170 valence electrons. The van der Waals surface area contributed by atoms with Crippen molar-refractivity contribution in [3.05, 3.63) is 59.7 Å². The number of rotatable bonds is 7. The van der Waals surface area contributed by atoms with E-state index >= 15 is 0 Å². The molecule has 2 aromatic carbocycles. The summed E-state index contributed by atoms with van der Waals surface area (Å²) >= 11 is 0. The molecular weight excluding hydrogens is 414 g/mol. The molecule has 4 aromatic rings. The molecule has 0 amide bonds. The zero-order valence-electron chi connectivity index (χ0n) is 19.1. The highest BCUT2D eigenvalue weighted by atomic mass is 16.5. The molecule has 33 heavy (non-hydrogen) atoms. The molecule has 1 aliphatic heterocycles. The maximum atomic E-state index is 5.57. The van der Waals surface area contributed by atoms with Crippen LogP contribution in [-0.2, 0) is 17.6 Å². The summed E-state index contributed by atoms with van der Waals surface area (Å²) in [6.45, 7) is 7.31. The molecule has 0 radical (unpaired) electrons. The molecular formula is C25H30N7O+. The Balaban J connectivity index is 1.51. The Morgan fingerprint density at radius 3 is 2.27 bits per heavy atom. The Morgan fingerprint density at radius 2 is 1.61 bits per heavy atom. The molecule has 5 rings (SSSR count). The number of H-pyrrole nitrogens is 2. The van der Waals surface area contributed by atoms with Crippen molar-refractivity contribution in [3.63, 3.8) is 0 Å². The minimum Gasteiger partial charge on any atom is -0.376 e. The third-order valence-electron chi connectivity index (χ3n) is 5.90. The molecule has 1 saturated heterocycles. The SMILES string of the molecule is CCc1cccc(Nc2nc3nc(Nc4cccc(CC)c4)[nH+]c(N4CCOCC4)c3[nH]2)c1. The number of fused-ring (bicyclic) bond motifs is 1. The second-order valence-electron chi connectivity index (χ2n) is 8.18. The number of nitrogens with zero attached hydrogens (tertiary/aromatic N) is 3. The van der Waals surface area contributed by atoms with Gasteiger partial charge in [-0.3, -0.25) is 5.32 Å². The van der Waals surface area contributed by atoms with Crippen LogP contribution in [-0.4, -0.2) is 41.3 Å². The van der Waals surface area contributed by atoms with Crippen molar-refractivity contribution >= 4 is 40.3 Å². The first-order valence-electron chi connectivity index (χ1n) is 11.6. The molecule has 4 N–H and O–H groups in total. The van der Waals surface area contributed by atoms with Gasteiger partial charge in [0.1, 0.15) is 0 Å². The molecule has 0 unspecified atom stereocenters. The van der Waals surface area contributed by atoms with Crippen LogP contribution in [0.3, 0.4) is 0 Å². The zero-order chi connectivity index (χ0) is 22.6. The van der Waals surface area contributed by atoms with E-state index in [1.54, 1.807) is 0 Å². The second kappa shape index (κ2) is 9.46. The lowest BCUT2D eigenvalue weighted by atomic mass is 10.1. The van der Waals surface area contributed by atoms with Crippen LogP contribution in [0.5, 0.6) is 0 Å². The molecule has 1 aliphatic rings. The topological polar surface area (TPSA) is 92.2 Å². The van der Waals surface area contributed by atoms with Crippen molar-refractivity contribution < 1.29 is 9.72 Å². The highest BCUT2D eigenvalue weighted by Crippen LogP contribution is 2.26. The van der Waals surface area contributed by atoms with Crippen molar-refractivity contribution in [2.75, 3.05) is 41.8 Å². The van der Waals surface area contributed by atoms with Crippen molar-refractivity contribution in [1.82, 2.24) is 15.0 Å². The highest BCUT2D eigenvalue weighted by molar-refractivity contribution is 5.85. The number of anilines is 5. The summed E-state index contributed by atoms with van der Waals surface area (Å²) in [5.41, 5.74) is 6.07. The fraction of sp³-hybridized carbons (Fsp3) is 0.320. The number of aryl methyl sites for hydroxylation is 2. The van der Waals surface area contributed by atoms with Gasteiger partial charge in [-0.05, 0) is 48.2 Å². The molecule has 2 aromatic heterocycles. The fourth-order valence-electron chi connectivity index (χ4n) is 4.07. The predicted molar refractivity (Wildman–Crippen MR) is 132 cm³/mol. The molecule has 0 atom stereocenters. The van der Waals surface area contributed by atoms with Crippen LogP contribution in [0.15, 0.2) is 48.5 Å². The summed E-state index contributed by atoms with van der Waals surface area (Å²) in [6, 6.07) is 16.8. The van der Waals surface area contributed by atoms with Crippen LogP contribution in [0, 0.1) is 0 Å². The maximum Gasteiger partial charge on any atom is 0.351 e. The van der Waals surface area contributed by atoms with E-state index in [-0.39, 0.29) is 0 Å². The first-order chi connectivity index (χ1) is 16.2. The van der Waals surface area contributed by atoms with E-state index in [1.807, 2.05) is 12.1 Å². The number of aromatic amines is 2. The highest BCUT2D eigenvalue weighted by Gasteiger charge is 2.24. The van der Waals surface area contributed by atoms with Gasteiger partial charge in [0, 0.05) is 5.69 Å². The van der Waals surface area contributed by atoms with Crippen LogP contribution in [0.4, 0.5) is 29.1 Å². The summed E-state index contributed by atoms with van der Waals surface area (Å²) in [4.78, 5) is 18.7. The number of hydrogen-bond donors (Lipinski definition) is 3. The second-order valence-corrected chi connectivity index (χ2v) is 8.18. The van der Waals surface area contributed by atoms with E-state index in [0.29, 0.717) is 30.8 Å². The van der Waals surface area contributed by atoms with Gasteiger partial charge in [-0.2, -0.15) is 4.98 Å². The number of nitrogens with one attached hydrogen (secondary N) is 4. The molecule has 1 fully saturated rings. The van der Waals surface area contributed by atoms with Gasteiger partial charge in [0.15, 0.2) is 5.52 Å². The lowest BCUT2D eigenvalue weighted by Crippen LogP contribution is -2.40. The van der Waals surface area contributed by atoms with E-state index in [4.69, 9.17) is 14.7 Å². The van der Waals surface area contributed by atoms with Gasteiger partial charge >= 0.3 is 5.95 Å². The van der Waals surface area contributed by atoms with Crippen LogP contribution in [0.25, 0.3) is 11.2 Å². The molecule has 3 heterocycles. The first-order valence-corrected chi connectivity index (χ1v) is 11.6. The van der Waals surface area contributed by atoms with Gasteiger partial charge in [-0.25, -0.2) is 4.98 Å². The maximum absolute atomic E-state index is 5.57. The van der Waals surface area contributed by atoms with E-state index in [9.17, 15) is 0 Å². The van der Waals surface area contributed by atoms with Crippen LogP contribution in [0.1, 0.15) is 25.0 Å². The van der Waals surface area contributed by atoms with E-state index in [0.717, 1.165) is 48.6 Å². The van der Waals surface area contributed by atoms with Crippen molar-refractivity contribution in [2.45, 2.75) is 26.7 Å². The summed E-state index contributed by atoms with van der Waals surface area (Å²) in [6.07, 6.45) is 1.97. The van der Waals surface area contributed by atoms with E-state index in [2.05, 4.69) is 75.7 Å².